The van der Waals surface area contributed by atoms with E-state index < -0.39 is 0 Å². The molecule has 0 fully saturated rings. The second kappa shape index (κ2) is 8.76. The molecule has 0 saturated heterocycles. The number of hydrogen-bond acceptors (Lipinski definition) is 1. The molecule has 1 rings (SSSR count). The Hall–Kier alpha value is -0.350. The fourth-order valence-corrected chi connectivity index (χ4v) is 1.61. The Morgan fingerprint density at radius 3 is 2.62 bits per heavy atom. The molecule has 0 unspecified atom stereocenters. The maximum atomic E-state index is 2.28. The van der Waals surface area contributed by atoms with Crippen LogP contribution in [0.4, 0.5) is 0 Å². The summed E-state index contributed by atoms with van der Waals surface area (Å²) in [5.74, 6) is 0. The number of unbranched alkanes of at least 4 members (excludes halogenated alkanes) is 1. The average Bonchev–Trinajstić information content (AvgIpc) is 2.62. The number of aryl methyl sites for hydroxylation is 2. The largest absolute Gasteiger partial charge is 1.00 e. The van der Waals surface area contributed by atoms with Crippen LogP contribution >= 0.6 is 0 Å². The van der Waals surface area contributed by atoms with Gasteiger partial charge in [0.1, 0.15) is 12.4 Å². The fraction of sp³-hybridized carbons (Fsp3) is 0.750. The third-order valence-electron chi connectivity index (χ3n) is 2.54. The first-order chi connectivity index (χ1) is 7.22. The summed E-state index contributed by atoms with van der Waals surface area (Å²) in [6.45, 7) is 5.66. The molecule has 4 heteroatoms. The van der Waals surface area contributed by atoms with Crippen molar-refractivity contribution in [2.75, 3.05) is 20.6 Å². The van der Waals surface area contributed by atoms with Crippen molar-refractivity contribution in [1.29, 1.82) is 0 Å². The molecule has 94 valence electrons. The van der Waals surface area contributed by atoms with Crippen LogP contribution in [-0.2, 0) is 13.1 Å². The lowest BCUT2D eigenvalue weighted by molar-refractivity contribution is -0.696. The molecule has 0 bridgehead atoms. The smallest absolute Gasteiger partial charge is 0.243 e. The van der Waals surface area contributed by atoms with Gasteiger partial charge in [0, 0.05) is 6.54 Å². The number of nitrogens with zero attached hydrogens (tertiary/aromatic N) is 3. The van der Waals surface area contributed by atoms with E-state index in [9.17, 15) is 0 Å². The fourth-order valence-electron chi connectivity index (χ4n) is 1.61. The van der Waals surface area contributed by atoms with Gasteiger partial charge in [-0.25, -0.2) is 9.13 Å². The van der Waals surface area contributed by atoms with E-state index in [1.165, 1.54) is 19.3 Å². The zero-order valence-corrected chi connectivity index (χ0v) is 12.3. The van der Waals surface area contributed by atoms with Crippen LogP contribution in [0.3, 0.4) is 0 Å². The zero-order valence-electron chi connectivity index (χ0n) is 10.7. The van der Waals surface area contributed by atoms with Gasteiger partial charge in [0.15, 0.2) is 0 Å². The van der Waals surface area contributed by atoms with Crippen LogP contribution in [0.15, 0.2) is 18.7 Å². The Kier molecular flexibility index (Phi) is 8.57. The molecule has 16 heavy (non-hydrogen) atoms. The predicted molar refractivity (Wildman–Crippen MR) is 62.7 cm³/mol. The summed E-state index contributed by atoms with van der Waals surface area (Å²) < 4.78 is 4.55. The van der Waals surface area contributed by atoms with E-state index in [0.717, 1.165) is 19.6 Å². The lowest BCUT2D eigenvalue weighted by Gasteiger charge is -2.06. The van der Waals surface area contributed by atoms with E-state index in [2.05, 4.69) is 53.8 Å². The van der Waals surface area contributed by atoms with E-state index in [1.807, 2.05) is 0 Å². The van der Waals surface area contributed by atoms with Crippen LogP contribution in [0.1, 0.15) is 26.2 Å². The van der Waals surface area contributed by atoms with E-state index in [0.29, 0.717) is 0 Å². The molecule has 0 radical (unpaired) electrons. The maximum absolute atomic E-state index is 2.28. The van der Waals surface area contributed by atoms with Crippen LogP contribution in [0.2, 0.25) is 0 Å². The first kappa shape index (κ1) is 15.7. The highest BCUT2D eigenvalue weighted by Gasteiger charge is 2.02. The molecular weight excluding hydrogens is 266 g/mol. The number of aromatic nitrogens is 2. The predicted octanol–water partition coefficient (Wildman–Crippen LogP) is -1.47. The van der Waals surface area contributed by atoms with E-state index >= 15 is 0 Å². The Morgan fingerprint density at radius 2 is 2.00 bits per heavy atom. The van der Waals surface area contributed by atoms with Crippen LogP contribution < -0.4 is 21.5 Å². The maximum Gasteiger partial charge on any atom is 0.243 e. The second-order valence-corrected chi connectivity index (χ2v) is 4.40. The first-order valence-corrected chi connectivity index (χ1v) is 5.92. The van der Waals surface area contributed by atoms with E-state index in [1.54, 1.807) is 0 Å². The summed E-state index contributed by atoms with van der Waals surface area (Å²) in [6.07, 6.45) is 10.3. The standard InChI is InChI=1S/C12H24N3.BrH/c1-4-5-8-14-10-11-15(12-14)9-6-7-13(2)3;/h10-12H,4-9H2,1-3H3;1H/q+1;/p-1. The molecule has 0 atom stereocenters. The lowest BCUT2D eigenvalue weighted by Crippen LogP contribution is -3.00. The van der Waals surface area contributed by atoms with Crippen molar-refractivity contribution >= 4 is 0 Å². The molecule has 1 heterocycles. The summed E-state index contributed by atoms with van der Waals surface area (Å²) in [5, 5.41) is 0. The molecule has 1 aromatic heterocycles. The zero-order chi connectivity index (χ0) is 11.1. The van der Waals surface area contributed by atoms with Gasteiger partial charge in [0.05, 0.1) is 13.1 Å². The monoisotopic (exact) mass is 289 g/mol. The summed E-state index contributed by atoms with van der Waals surface area (Å²) >= 11 is 0. The summed E-state index contributed by atoms with van der Waals surface area (Å²) in [4.78, 5) is 2.23. The first-order valence-electron chi connectivity index (χ1n) is 5.92. The molecule has 0 aliphatic rings. The average molecular weight is 290 g/mol. The normalized spacial score (nSPS) is 10.5. The minimum absolute atomic E-state index is 0. The van der Waals surface area contributed by atoms with Crippen molar-refractivity contribution in [1.82, 2.24) is 9.47 Å². The van der Waals surface area contributed by atoms with Gasteiger partial charge in [0.25, 0.3) is 0 Å². The van der Waals surface area contributed by atoms with E-state index in [-0.39, 0.29) is 17.0 Å². The van der Waals surface area contributed by atoms with Crippen molar-refractivity contribution in [3.05, 3.63) is 18.7 Å². The van der Waals surface area contributed by atoms with Crippen molar-refractivity contribution in [3.63, 3.8) is 0 Å². The minimum Gasteiger partial charge on any atom is -1.00 e. The molecule has 0 N–H and O–H groups in total. The van der Waals surface area contributed by atoms with Crippen LogP contribution in [0.5, 0.6) is 0 Å². The Labute approximate surface area is 110 Å². The van der Waals surface area contributed by atoms with Crippen molar-refractivity contribution in [2.45, 2.75) is 39.3 Å². The molecule has 0 aliphatic carbocycles. The topological polar surface area (TPSA) is 12.0 Å². The molecule has 3 nitrogen and oxygen atoms in total. The molecule has 0 spiro atoms. The van der Waals surface area contributed by atoms with Gasteiger partial charge >= 0.3 is 0 Å². The molecular formula is C12H24BrN3. The van der Waals surface area contributed by atoms with Gasteiger partial charge in [-0.1, -0.05) is 13.3 Å². The third-order valence-corrected chi connectivity index (χ3v) is 2.54. The second-order valence-electron chi connectivity index (χ2n) is 4.40. The molecule has 0 aliphatic heterocycles. The molecule has 0 amide bonds. The Morgan fingerprint density at radius 1 is 1.25 bits per heavy atom. The third kappa shape index (κ3) is 6.28. The Bertz CT molecular complexity index is 271. The van der Waals surface area contributed by atoms with Gasteiger partial charge < -0.3 is 21.9 Å². The van der Waals surface area contributed by atoms with Gasteiger partial charge in [0.2, 0.25) is 6.33 Å². The molecule has 0 saturated carbocycles. The van der Waals surface area contributed by atoms with Crippen LogP contribution in [0.25, 0.3) is 0 Å². The van der Waals surface area contributed by atoms with Crippen molar-refractivity contribution < 1.29 is 21.5 Å². The van der Waals surface area contributed by atoms with Crippen molar-refractivity contribution in [3.8, 4) is 0 Å². The van der Waals surface area contributed by atoms with Gasteiger partial charge in [-0.15, -0.1) is 0 Å². The van der Waals surface area contributed by atoms with Gasteiger partial charge in [-0.2, -0.15) is 0 Å². The number of imidazole rings is 1. The summed E-state index contributed by atoms with van der Waals surface area (Å²) in [6, 6.07) is 0. The Balaban J connectivity index is 0.00000225. The minimum atomic E-state index is 0. The van der Waals surface area contributed by atoms with Gasteiger partial charge in [-0.3, -0.25) is 0 Å². The van der Waals surface area contributed by atoms with Gasteiger partial charge in [-0.05, 0) is 26.9 Å². The highest BCUT2D eigenvalue weighted by molar-refractivity contribution is 4.65. The lowest BCUT2D eigenvalue weighted by atomic mass is 10.3. The van der Waals surface area contributed by atoms with Crippen molar-refractivity contribution in [2.24, 2.45) is 0 Å². The number of halogens is 1. The van der Waals surface area contributed by atoms with E-state index in [4.69, 9.17) is 0 Å². The highest BCUT2D eigenvalue weighted by atomic mass is 79.9. The van der Waals surface area contributed by atoms with Crippen LogP contribution in [0, 0.1) is 0 Å². The molecule has 0 aromatic carbocycles. The SMILES string of the molecule is CCCCn1cc[n+](CCCN(C)C)c1.[Br-]. The number of hydrogen-bond donors (Lipinski definition) is 0. The highest BCUT2D eigenvalue weighted by Crippen LogP contribution is 1.93. The van der Waals surface area contributed by atoms with Crippen LogP contribution in [-0.4, -0.2) is 30.1 Å². The quantitative estimate of drug-likeness (QED) is 0.559. The summed E-state index contributed by atoms with van der Waals surface area (Å²) in [5.41, 5.74) is 0. The molecule has 1 aromatic rings. The number of rotatable bonds is 7. The summed E-state index contributed by atoms with van der Waals surface area (Å²) in [7, 11) is 4.24.